The Bertz CT molecular complexity index is 1150. The van der Waals surface area contributed by atoms with Crippen LogP contribution in [0.4, 0.5) is 8.78 Å². The molecule has 160 valence electrons. The zero-order valence-electron chi connectivity index (χ0n) is 16.7. The molecular formula is C22H22F2N6O. The van der Waals surface area contributed by atoms with Gasteiger partial charge in [0.05, 0.1) is 11.3 Å². The van der Waals surface area contributed by atoms with Crippen molar-refractivity contribution in [1.29, 1.82) is 0 Å². The number of aliphatic hydroxyl groups is 1. The van der Waals surface area contributed by atoms with Gasteiger partial charge < -0.3 is 16.6 Å². The number of hydrogen-bond donors (Lipinski definition) is 3. The first kappa shape index (κ1) is 20.7. The Morgan fingerprint density at radius 3 is 2.65 bits per heavy atom. The lowest BCUT2D eigenvalue weighted by Gasteiger charge is -2.25. The van der Waals surface area contributed by atoms with Gasteiger partial charge in [-0.25, -0.2) is 23.4 Å². The van der Waals surface area contributed by atoms with Crippen molar-refractivity contribution in [2.24, 2.45) is 11.5 Å². The minimum atomic E-state index is -0.718. The molecule has 1 unspecified atom stereocenters. The van der Waals surface area contributed by atoms with E-state index in [-0.39, 0.29) is 23.8 Å². The molecule has 31 heavy (non-hydrogen) atoms. The van der Waals surface area contributed by atoms with Crippen molar-refractivity contribution < 1.29 is 13.9 Å². The molecule has 7 nitrogen and oxygen atoms in total. The first-order chi connectivity index (χ1) is 15.0. The van der Waals surface area contributed by atoms with Crippen LogP contribution >= 0.6 is 0 Å². The van der Waals surface area contributed by atoms with E-state index in [4.69, 9.17) is 16.6 Å². The van der Waals surface area contributed by atoms with Gasteiger partial charge in [-0.15, -0.1) is 5.10 Å². The minimum absolute atomic E-state index is 0.00458. The molecule has 5 N–H and O–H groups in total. The third-order valence-electron chi connectivity index (χ3n) is 5.29. The van der Waals surface area contributed by atoms with Crippen molar-refractivity contribution in [2.45, 2.75) is 31.8 Å². The van der Waals surface area contributed by atoms with E-state index in [1.54, 1.807) is 12.1 Å². The number of rotatable bonds is 5. The molecule has 3 aromatic rings. The van der Waals surface area contributed by atoms with Crippen molar-refractivity contribution >= 4 is 5.70 Å². The smallest absolute Gasteiger partial charge is 0.176 e. The Hall–Kier alpha value is -3.59. The summed E-state index contributed by atoms with van der Waals surface area (Å²) in [5, 5.41) is 13.3. The van der Waals surface area contributed by atoms with E-state index in [1.165, 1.54) is 29.2 Å². The molecule has 0 radical (unpaired) electrons. The molecule has 1 aliphatic carbocycles. The maximum Gasteiger partial charge on any atom is 0.176 e. The molecule has 4 rings (SSSR count). The average molecular weight is 424 g/mol. The van der Waals surface area contributed by atoms with Gasteiger partial charge in [0.25, 0.3) is 0 Å². The minimum Gasteiger partial charge on any atom is -0.401 e. The first-order valence-electron chi connectivity index (χ1n) is 9.86. The third-order valence-corrected chi connectivity index (χ3v) is 5.29. The molecule has 0 amide bonds. The lowest BCUT2D eigenvalue weighted by molar-refractivity contribution is 0.271. The Labute approximate surface area is 177 Å². The van der Waals surface area contributed by atoms with E-state index in [2.05, 4.69) is 15.1 Å². The second-order valence-electron chi connectivity index (χ2n) is 7.31. The molecule has 2 aromatic heterocycles. The van der Waals surface area contributed by atoms with Crippen LogP contribution in [0.15, 0.2) is 60.1 Å². The van der Waals surface area contributed by atoms with E-state index >= 15 is 0 Å². The van der Waals surface area contributed by atoms with Gasteiger partial charge >= 0.3 is 0 Å². The zero-order chi connectivity index (χ0) is 22.0. The molecule has 0 aliphatic heterocycles. The Kier molecular flexibility index (Phi) is 5.77. The van der Waals surface area contributed by atoms with E-state index in [9.17, 15) is 8.78 Å². The predicted molar refractivity (Wildman–Crippen MR) is 111 cm³/mol. The maximum atomic E-state index is 14.1. The fourth-order valence-electron chi connectivity index (χ4n) is 3.76. The second-order valence-corrected chi connectivity index (χ2v) is 7.31. The van der Waals surface area contributed by atoms with Gasteiger partial charge in [-0.3, -0.25) is 0 Å². The summed E-state index contributed by atoms with van der Waals surface area (Å²) in [6.07, 6.45) is 5.30. The molecule has 0 spiro atoms. The van der Waals surface area contributed by atoms with Crippen molar-refractivity contribution in [2.75, 3.05) is 0 Å². The number of hydrogen-bond acceptors (Lipinski definition) is 6. The lowest BCUT2D eigenvalue weighted by atomic mass is 9.84. The van der Waals surface area contributed by atoms with Gasteiger partial charge in [-0.05, 0) is 55.2 Å². The van der Waals surface area contributed by atoms with E-state index in [1.807, 2.05) is 12.1 Å². The highest BCUT2D eigenvalue weighted by molar-refractivity contribution is 5.67. The normalized spacial score (nSPS) is 17.3. The molecule has 1 atom stereocenters. The van der Waals surface area contributed by atoms with Crippen molar-refractivity contribution in [3.63, 3.8) is 0 Å². The highest BCUT2D eigenvalue weighted by Gasteiger charge is 2.24. The Morgan fingerprint density at radius 1 is 1.19 bits per heavy atom. The Morgan fingerprint density at radius 2 is 1.94 bits per heavy atom. The summed E-state index contributed by atoms with van der Waals surface area (Å²) in [5.74, 6) is -0.755. The van der Waals surface area contributed by atoms with Crippen LogP contribution < -0.4 is 11.5 Å². The highest BCUT2D eigenvalue weighted by atomic mass is 19.1. The SMILES string of the molecule is NC1=C(/C=C(\N)c2c(F)cccc2F)CCCC1c1cccc(-n2cnc(CO)n2)n1. The summed E-state index contributed by atoms with van der Waals surface area (Å²) in [7, 11) is 0. The fourth-order valence-corrected chi connectivity index (χ4v) is 3.76. The second kappa shape index (κ2) is 8.65. The maximum absolute atomic E-state index is 14.1. The molecule has 0 fully saturated rings. The number of halogens is 2. The fraction of sp³-hybridized carbons (Fsp3) is 0.227. The van der Waals surface area contributed by atoms with Crippen molar-refractivity contribution in [3.8, 4) is 5.82 Å². The summed E-state index contributed by atoms with van der Waals surface area (Å²) < 4.78 is 29.6. The van der Waals surface area contributed by atoms with E-state index in [0.29, 0.717) is 23.8 Å². The Balaban J connectivity index is 1.68. The molecule has 0 bridgehead atoms. The monoisotopic (exact) mass is 424 g/mol. The molecule has 2 heterocycles. The topological polar surface area (TPSA) is 116 Å². The summed E-state index contributed by atoms with van der Waals surface area (Å²) in [6, 6.07) is 9.13. The van der Waals surface area contributed by atoms with E-state index < -0.39 is 11.6 Å². The highest BCUT2D eigenvalue weighted by Crippen LogP contribution is 2.35. The van der Waals surface area contributed by atoms with Crippen LogP contribution in [0.5, 0.6) is 0 Å². The van der Waals surface area contributed by atoms with Crippen molar-refractivity contribution in [1.82, 2.24) is 19.7 Å². The van der Waals surface area contributed by atoms with Crippen molar-refractivity contribution in [3.05, 3.63) is 88.8 Å². The zero-order valence-corrected chi connectivity index (χ0v) is 16.7. The number of aliphatic hydroxyl groups excluding tert-OH is 1. The number of nitrogens with zero attached hydrogens (tertiary/aromatic N) is 4. The standard InChI is InChI=1S/C22H22F2N6O/c23-15-6-2-7-16(24)21(15)17(25)10-13-4-1-5-14(22(13)26)18-8-3-9-20(28-18)30-12-27-19(11-31)29-30/h2-3,6-10,12,14,31H,1,4-5,11,25-26H2/b17-10-. The number of aromatic nitrogens is 4. The number of benzene rings is 1. The number of nitrogens with two attached hydrogens (primary N) is 2. The van der Waals surface area contributed by atoms with Crippen LogP contribution in [0.2, 0.25) is 0 Å². The van der Waals surface area contributed by atoms with Crippen LogP contribution in [-0.4, -0.2) is 24.9 Å². The number of allylic oxidation sites excluding steroid dienone is 3. The molecule has 9 heteroatoms. The average Bonchev–Trinajstić information content (AvgIpc) is 3.25. The third kappa shape index (κ3) is 4.17. The summed E-state index contributed by atoms with van der Waals surface area (Å²) in [4.78, 5) is 8.66. The van der Waals surface area contributed by atoms with Gasteiger partial charge in [0, 0.05) is 17.3 Å². The summed E-state index contributed by atoms with van der Waals surface area (Å²) in [5.41, 5.74) is 14.3. The molecule has 1 aliphatic rings. The predicted octanol–water partition coefficient (Wildman–Crippen LogP) is 2.91. The number of pyridine rings is 1. The first-order valence-corrected chi connectivity index (χ1v) is 9.86. The van der Waals surface area contributed by atoms with Crippen LogP contribution in [-0.2, 0) is 6.61 Å². The quantitative estimate of drug-likeness (QED) is 0.580. The summed E-state index contributed by atoms with van der Waals surface area (Å²) >= 11 is 0. The van der Waals surface area contributed by atoms with Crippen LogP contribution in [0, 0.1) is 11.6 Å². The molecular weight excluding hydrogens is 402 g/mol. The largest absolute Gasteiger partial charge is 0.401 e. The van der Waals surface area contributed by atoms with E-state index in [0.717, 1.165) is 24.1 Å². The van der Waals surface area contributed by atoms with Gasteiger partial charge in [0.2, 0.25) is 0 Å². The summed E-state index contributed by atoms with van der Waals surface area (Å²) in [6.45, 7) is -0.259. The van der Waals surface area contributed by atoms with Gasteiger partial charge in [0.15, 0.2) is 11.6 Å². The molecule has 1 aromatic carbocycles. The van der Waals surface area contributed by atoms with Crippen LogP contribution in [0.3, 0.4) is 0 Å². The van der Waals surface area contributed by atoms with Gasteiger partial charge in [-0.1, -0.05) is 12.1 Å². The lowest BCUT2D eigenvalue weighted by Crippen LogP contribution is -2.19. The molecule has 0 saturated heterocycles. The molecule has 0 saturated carbocycles. The van der Waals surface area contributed by atoms with Crippen LogP contribution in [0.25, 0.3) is 11.5 Å². The van der Waals surface area contributed by atoms with Gasteiger partial charge in [0.1, 0.15) is 24.6 Å². The van der Waals surface area contributed by atoms with Crippen LogP contribution in [0.1, 0.15) is 42.3 Å². The van der Waals surface area contributed by atoms with Gasteiger partial charge in [-0.2, -0.15) is 0 Å².